The number of halogens is 1. The number of rotatable bonds is 11. The smallest absolute Gasteiger partial charge is 0.0891 e. The first-order valence-corrected chi connectivity index (χ1v) is 16.2. The van der Waals surface area contributed by atoms with Crippen LogP contribution < -0.4 is 0 Å². The third-order valence-corrected chi connectivity index (χ3v) is 9.71. The molecule has 0 unspecified atom stereocenters. The number of hydrogen-bond donors (Lipinski definition) is 0. The molecule has 0 atom stereocenters. The lowest BCUT2D eigenvalue weighted by Crippen LogP contribution is -2.47. The molecule has 2 saturated heterocycles. The second-order valence-corrected chi connectivity index (χ2v) is 12.7. The number of aliphatic imine (C=N–C) groups is 1. The standard InChI is InChI=1S/C37H46ClN5/c1-8-28-19-42(20-28)18-24(4)26(6)40-34(10-3)33-16-12-15-32(37(33)38)30-13-11-14-31(25(30)5)35-17-39-36(27(7)41-35)23-43-21-29(9-2)22-43/h10-17,28-29H,4,8-9,18-23H2,1-3,5-7H3/b34-10-,40-26?. The Hall–Kier alpha value is -3.12. The molecule has 2 aromatic carbocycles. The van der Waals surface area contributed by atoms with Gasteiger partial charge in [-0.3, -0.25) is 19.8 Å². The molecule has 0 amide bonds. The van der Waals surface area contributed by atoms with Crippen molar-refractivity contribution in [3.63, 3.8) is 0 Å². The molecule has 0 bridgehead atoms. The third-order valence-electron chi connectivity index (χ3n) is 9.30. The minimum atomic E-state index is 0.698. The summed E-state index contributed by atoms with van der Waals surface area (Å²) in [6.07, 6.45) is 6.45. The van der Waals surface area contributed by atoms with Gasteiger partial charge < -0.3 is 0 Å². The minimum absolute atomic E-state index is 0.698. The molecule has 1 aromatic heterocycles. The lowest BCUT2D eigenvalue weighted by molar-refractivity contribution is 0.0881. The third kappa shape index (κ3) is 6.85. The summed E-state index contributed by atoms with van der Waals surface area (Å²) in [6.45, 7) is 23.5. The van der Waals surface area contributed by atoms with E-state index in [0.29, 0.717) is 5.02 Å². The van der Waals surface area contributed by atoms with Crippen molar-refractivity contribution in [3.05, 3.63) is 88.4 Å². The molecule has 2 aliphatic heterocycles. The van der Waals surface area contributed by atoms with E-state index in [0.717, 1.165) is 113 Å². The van der Waals surface area contributed by atoms with Crippen molar-refractivity contribution in [2.24, 2.45) is 16.8 Å². The van der Waals surface area contributed by atoms with Crippen LogP contribution >= 0.6 is 11.6 Å². The first-order valence-electron chi connectivity index (χ1n) is 15.8. The molecule has 0 radical (unpaired) electrons. The first-order chi connectivity index (χ1) is 20.7. The van der Waals surface area contributed by atoms with Gasteiger partial charge in [0.2, 0.25) is 0 Å². The number of allylic oxidation sites excluding steroid dienone is 1. The van der Waals surface area contributed by atoms with Gasteiger partial charge in [-0.25, -0.2) is 4.98 Å². The zero-order valence-corrected chi connectivity index (χ0v) is 27.5. The van der Waals surface area contributed by atoms with Gasteiger partial charge in [-0.1, -0.05) is 87.3 Å². The molecule has 2 fully saturated rings. The Morgan fingerprint density at radius 2 is 1.60 bits per heavy atom. The van der Waals surface area contributed by atoms with E-state index >= 15 is 0 Å². The van der Waals surface area contributed by atoms with Gasteiger partial charge in [-0.05, 0) is 56.2 Å². The van der Waals surface area contributed by atoms with Crippen LogP contribution in [0.2, 0.25) is 5.02 Å². The molecule has 5 rings (SSSR count). The highest BCUT2D eigenvalue weighted by atomic mass is 35.5. The zero-order chi connectivity index (χ0) is 30.7. The van der Waals surface area contributed by atoms with Gasteiger partial charge >= 0.3 is 0 Å². The Kier molecular flexibility index (Phi) is 9.95. The van der Waals surface area contributed by atoms with Crippen molar-refractivity contribution in [2.75, 3.05) is 32.7 Å². The van der Waals surface area contributed by atoms with Crippen LogP contribution in [0.4, 0.5) is 0 Å². The van der Waals surface area contributed by atoms with Crippen LogP contribution in [0.25, 0.3) is 28.1 Å². The lowest BCUT2D eigenvalue weighted by atomic mass is 9.93. The zero-order valence-electron chi connectivity index (χ0n) is 26.8. The van der Waals surface area contributed by atoms with Crippen molar-refractivity contribution in [3.8, 4) is 22.4 Å². The van der Waals surface area contributed by atoms with E-state index < -0.39 is 0 Å². The normalized spacial score (nSPS) is 17.2. The van der Waals surface area contributed by atoms with Gasteiger partial charge in [0.05, 0.1) is 34.0 Å². The Labute approximate surface area is 263 Å². The molecule has 0 aliphatic carbocycles. The fourth-order valence-electron chi connectivity index (χ4n) is 6.20. The highest BCUT2D eigenvalue weighted by Crippen LogP contribution is 2.38. The van der Waals surface area contributed by atoms with Gasteiger partial charge in [0, 0.05) is 61.7 Å². The lowest BCUT2D eigenvalue weighted by Gasteiger charge is -2.39. The van der Waals surface area contributed by atoms with Crippen LogP contribution in [0, 0.1) is 25.7 Å². The van der Waals surface area contributed by atoms with Gasteiger partial charge in [0.15, 0.2) is 0 Å². The fraction of sp³-hybridized carbons (Fsp3) is 0.432. The molecule has 2 aliphatic rings. The van der Waals surface area contributed by atoms with E-state index in [1.54, 1.807) is 0 Å². The van der Waals surface area contributed by atoms with Gasteiger partial charge in [0.1, 0.15) is 0 Å². The fourth-order valence-corrected chi connectivity index (χ4v) is 6.52. The van der Waals surface area contributed by atoms with E-state index in [4.69, 9.17) is 26.6 Å². The van der Waals surface area contributed by atoms with Gasteiger partial charge in [-0.2, -0.15) is 0 Å². The van der Waals surface area contributed by atoms with Crippen molar-refractivity contribution >= 4 is 23.0 Å². The van der Waals surface area contributed by atoms with E-state index in [-0.39, 0.29) is 0 Å². The maximum absolute atomic E-state index is 7.16. The number of likely N-dealkylation sites (tertiary alicyclic amines) is 2. The van der Waals surface area contributed by atoms with Gasteiger partial charge in [-0.15, -0.1) is 0 Å². The van der Waals surface area contributed by atoms with Crippen LogP contribution in [0.1, 0.15) is 63.1 Å². The number of aryl methyl sites for hydroxylation is 1. The van der Waals surface area contributed by atoms with E-state index in [1.807, 2.05) is 26.1 Å². The van der Waals surface area contributed by atoms with Crippen molar-refractivity contribution in [2.45, 2.75) is 60.9 Å². The van der Waals surface area contributed by atoms with Crippen LogP contribution in [0.5, 0.6) is 0 Å². The SMILES string of the molecule is C=C(CN1CC(CC)C1)C(C)=N/C(=C\C)c1cccc(-c2cccc(-c3cnc(CN4CC(CC)C4)c(C)n3)c2C)c1Cl. The maximum atomic E-state index is 7.16. The van der Waals surface area contributed by atoms with Gasteiger partial charge in [0.25, 0.3) is 0 Å². The summed E-state index contributed by atoms with van der Waals surface area (Å²) in [5.74, 6) is 1.64. The average molecular weight is 596 g/mol. The van der Waals surface area contributed by atoms with Crippen LogP contribution in [-0.2, 0) is 6.54 Å². The monoisotopic (exact) mass is 595 g/mol. The molecule has 6 heteroatoms. The summed E-state index contributed by atoms with van der Waals surface area (Å²) >= 11 is 7.16. The molecule has 0 N–H and O–H groups in total. The van der Waals surface area contributed by atoms with E-state index in [1.165, 1.54) is 12.8 Å². The molecular formula is C37H46ClN5. The Bertz CT molecular complexity index is 1540. The molecular weight excluding hydrogens is 550 g/mol. The molecule has 3 heterocycles. The summed E-state index contributed by atoms with van der Waals surface area (Å²) in [5, 5.41) is 0.698. The van der Waals surface area contributed by atoms with Crippen molar-refractivity contribution in [1.82, 2.24) is 19.8 Å². The van der Waals surface area contributed by atoms with Crippen LogP contribution in [0.15, 0.2) is 65.8 Å². The number of nitrogens with zero attached hydrogens (tertiary/aromatic N) is 5. The van der Waals surface area contributed by atoms with Crippen molar-refractivity contribution in [1.29, 1.82) is 0 Å². The average Bonchev–Trinajstić information content (AvgIpc) is 2.96. The highest BCUT2D eigenvalue weighted by Gasteiger charge is 2.26. The van der Waals surface area contributed by atoms with E-state index in [2.05, 4.69) is 80.5 Å². The number of hydrogen-bond acceptors (Lipinski definition) is 5. The molecule has 226 valence electrons. The predicted octanol–water partition coefficient (Wildman–Crippen LogP) is 8.64. The predicted molar refractivity (Wildman–Crippen MR) is 183 cm³/mol. The molecule has 5 nitrogen and oxygen atoms in total. The van der Waals surface area contributed by atoms with E-state index in [9.17, 15) is 0 Å². The van der Waals surface area contributed by atoms with Crippen LogP contribution in [-0.4, -0.2) is 58.2 Å². The minimum Gasteiger partial charge on any atom is -0.298 e. The summed E-state index contributed by atoms with van der Waals surface area (Å²) in [6, 6.07) is 12.5. The second kappa shape index (κ2) is 13.7. The highest BCUT2D eigenvalue weighted by molar-refractivity contribution is 6.35. The number of benzene rings is 2. The Morgan fingerprint density at radius 1 is 0.977 bits per heavy atom. The molecule has 0 spiro atoms. The topological polar surface area (TPSA) is 44.6 Å². The van der Waals surface area contributed by atoms with Crippen molar-refractivity contribution < 1.29 is 0 Å². The number of aromatic nitrogens is 2. The summed E-state index contributed by atoms with van der Waals surface area (Å²) in [4.78, 5) is 19.8. The summed E-state index contributed by atoms with van der Waals surface area (Å²) < 4.78 is 0. The van der Waals surface area contributed by atoms with Crippen LogP contribution in [0.3, 0.4) is 0 Å². The first kappa shape index (κ1) is 31.3. The molecule has 0 saturated carbocycles. The second-order valence-electron chi connectivity index (χ2n) is 12.3. The molecule has 3 aromatic rings. The Balaban J connectivity index is 1.37. The summed E-state index contributed by atoms with van der Waals surface area (Å²) in [5.41, 5.74) is 11.0. The summed E-state index contributed by atoms with van der Waals surface area (Å²) in [7, 11) is 0. The Morgan fingerprint density at radius 3 is 2.26 bits per heavy atom. The maximum Gasteiger partial charge on any atom is 0.0891 e. The quantitative estimate of drug-likeness (QED) is 0.208. The largest absolute Gasteiger partial charge is 0.298 e. The molecule has 43 heavy (non-hydrogen) atoms.